The van der Waals surface area contributed by atoms with E-state index >= 15 is 0 Å². The van der Waals surface area contributed by atoms with Gasteiger partial charge in [-0.15, -0.1) is 0 Å². The Balaban J connectivity index is 1.60. The van der Waals surface area contributed by atoms with Crippen LogP contribution in [0, 0.1) is 17.3 Å². The lowest BCUT2D eigenvalue weighted by Gasteiger charge is -2.34. The van der Waals surface area contributed by atoms with Crippen molar-refractivity contribution in [2.24, 2.45) is 17.3 Å². The first-order valence-electron chi connectivity index (χ1n) is 10.5. The fourth-order valence-corrected chi connectivity index (χ4v) is 5.47. The third-order valence-corrected chi connectivity index (χ3v) is 6.87. The normalized spacial score (nSPS) is 28.1. The number of fused-ring (bicyclic) bond motifs is 1. The molecule has 4 rings (SSSR count). The van der Waals surface area contributed by atoms with Crippen LogP contribution in [0.1, 0.15) is 38.5 Å². The van der Waals surface area contributed by atoms with Crippen molar-refractivity contribution in [3.05, 3.63) is 18.5 Å². The SMILES string of the molecule is CN(C)C(=O)[C@]12CCCN(C(=O)C3CCCC3)C[C@H]1CN(c1ncccn1)C2. The third kappa shape index (κ3) is 3.35. The summed E-state index contributed by atoms with van der Waals surface area (Å²) in [4.78, 5) is 41.1. The zero-order valence-electron chi connectivity index (χ0n) is 17.0. The van der Waals surface area contributed by atoms with E-state index in [4.69, 9.17) is 0 Å². The van der Waals surface area contributed by atoms with Gasteiger partial charge in [-0.1, -0.05) is 12.8 Å². The molecule has 2 saturated heterocycles. The van der Waals surface area contributed by atoms with Gasteiger partial charge in [0.15, 0.2) is 0 Å². The van der Waals surface area contributed by atoms with Crippen molar-refractivity contribution in [1.29, 1.82) is 0 Å². The number of rotatable bonds is 3. The summed E-state index contributed by atoms with van der Waals surface area (Å²) < 4.78 is 0. The maximum Gasteiger partial charge on any atom is 0.230 e. The number of nitrogens with zero attached hydrogens (tertiary/aromatic N) is 5. The zero-order chi connectivity index (χ0) is 19.7. The van der Waals surface area contributed by atoms with E-state index in [-0.39, 0.29) is 17.7 Å². The largest absolute Gasteiger partial charge is 0.348 e. The van der Waals surface area contributed by atoms with Gasteiger partial charge in [0.25, 0.3) is 0 Å². The fraction of sp³-hybridized carbons (Fsp3) is 0.714. The van der Waals surface area contributed by atoms with Crippen molar-refractivity contribution in [1.82, 2.24) is 19.8 Å². The summed E-state index contributed by atoms with van der Waals surface area (Å²) in [7, 11) is 3.67. The van der Waals surface area contributed by atoms with Crippen molar-refractivity contribution in [2.75, 3.05) is 45.2 Å². The Hall–Kier alpha value is -2.18. The van der Waals surface area contributed by atoms with Crippen molar-refractivity contribution >= 4 is 17.8 Å². The van der Waals surface area contributed by atoms with Crippen molar-refractivity contribution in [3.8, 4) is 0 Å². The molecule has 152 valence electrons. The van der Waals surface area contributed by atoms with Gasteiger partial charge in [-0.25, -0.2) is 9.97 Å². The van der Waals surface area contributed by atoms with Gasteiger partial charge < -0.3 is 14.7 Å². The molecule has 2 aliphatic heterocycles. The lowest BCUT2D eigenvalue weighted by molar-refractivity contribution is -0.142. The summed E-state index contributed by atoms with van der Waals surface area (Å²) in [5.74, 6) is 1.45. The number of anilines is 1. The van der Waals surface area contributed by atoms with E-state index in [0.29, 0.717) is 24.9 Å². The molecule has 2 atom stereocenters. The van der Waals surface area contributed by atoms with Gasteiger partial charge in [0.2, 0.25) is 17.8 Å². The number of hydrogen-bond donors (Lipinski definition) is 0. The molecule has 3 heterocycles. The Morgan fingerprint density at radius 2 is 1.82 bits per heavy atom. The minimum absolute atomic E-state index is 0.110. The minimum Gasteiger partial charge on any atom is -0.348 e. The smallest absolute Gasteiger partial charge is 0.230 e. The van der Waals surface area contributed by atoms with Crippen LogP contribution >= 0.6 is 0 Å². The number of carbonyl (C=O) groups excluding carboxylic acids is 2. The molecule has 7 heteroatoms. The predicted octanol–water partition coefficient (Wildman–Crippen LogP) is 1.80. The molecule has 7 nitrogen and oxygen atoms in total. The quantitative estimate of drug-likeness (QED) is 0.794. The van der Waals surface area contributed by atoms with E-state index in [1.54, 1.807) is 23.4 Å². The Morgan fingerprint density at radius 3 is 2.50 bits per heavy atom. The predicted molar refractivity (Wildman–Crippen MR) is 107 cm³/mol. The molecule has 0 unspecified atom stereocenters. The average Bonchev–Trinajstić information content (AvgIpc) is 3.33. The molecule has 1 saturated carbocycles. The van der Waals surface area contributed by atoms with Gasteiger partial charge in [0.1, 0.15) is 0 Å². The van der Waals surface area contributed by atoms with E-state index in [9.17, 15) is 9.59 Å². The van der Waals surface area contributed by atoms with E-state index < -0.39 is 5.41 Å². The van der Waals surface area contributed by atoms with Crippen LogP contribution in [0.25, 0.3) is 0 Å². The fourth-order valence-electron chi connectivity index (χ4n) is 5.47. The van der Waals surface area contributed by atoms with Crippen LogP contribution in [0.2, 0.25) is 0 Å². The molecule has 0 bridgehead atoms. The lowest BCUT2D eigenvalue weighted by Crippen LogP contribution is -2.48. The van der Waals surface area contributed by atoms with Gasteiger partial charge in [-0.3, -0.25) is 9.59 Å². The van der Waals surface area contributed by atoms with Crippen LogP contribution in [0.3, 0.4) is 0 Å². The molecule has 2 amide bonds. The summed E-state index contributed by atoms with van der Waals surface area (Å²) in [6.07, 6.45) is 9.54. The number of hydrogen-bond acceptors (Lipinski definition) is 5. The number of amides is 2. The van der Waals surface area contributed by atoms with E-state index in [2.05, 4.69) is 19.8 Å². The van der Waals surface area contributed by atoms with E-state index in [1.807, 2.05) is 14.1 Å². The monoisotopic (exact) mass is 385 g/mol. The van der Waals surface area contributed by atoms with E-state index in [1.165, 1.54) is 0 Å². The second-order valence-electron chi connectivity index (χ2n) is 8.85. The maximum atomic E-state index is 13.3. The highest BCUT2D eigenvalue weighted by Crippen LogP contribution is 2.45. The highest BCUT2D eigenvalue weighted by atomic mass is 16.2. The van der Waals surface area contributed by atoms with Crippen LogP contribution < -0.4 is 4.90 Å². The Kier molecular flexibility index (Phi) is 5.25. The number of likely N-dealkylation sites (tertiary alicyclic amines) is 1. The summed E-state index contributed by atoms with van der Waals surface area (Å²) >= 11 is 0. The molecule has 1 aliphatic carbocycles. The molecule has 1 aromatic rings. The Bertz CT molecular complexity index is 719. The van der Waals surface area contributed by atoms with Gasteiger partial charge in [-0.05, 0) is 31.7 Å². The summed E-state index contributed by atoms with van der Waals surface area (Å²) in [6.45, 7) is 2.79. The molecule has 3 fully saturated rings. The van der Waals surface area contributed by atoms with Crippen LogP contribution in [0.15, 0.2) is 18.5 Å². The first-order chi connectivity index (χ1) is 13.5. The van der Waals surface area contributed by atoms with Gasteiger partial charge in [0.05, 0.1) is 5.41 Å². The second kappa shape index (κ2) is 7.68. The van der Waals surface area contributed by atoms with Crippen LogP contribution in [-0.4, -0.2) is 71.9 Å². The van der Waals surface area contributed by atoms with Crippen LogP contribution in [0.5, 0.6) is 0 Å². The van der Waals surface area contributed by atoms with Crippen molar-refractivity contribution in [3.63, 3.8) is 0 Å². The second-order valence-corrected chi connectivity index (χ2v) is 8.85. The molecule has 28 heavy (non-hydrogen) atoms. The molecule has 1 aromatic heterocycles. The Labute approximate surface area is 167 Å². The third-order valence-electron chi connectivity index (χ3n) is 6.87. The summed E-state index contributed by atoms with van der Waals surface area (Å²) in [5, 5.41) is 0. The van der Waals surface area contributed by atoms with Crippen molar-refractivity contribution in [2.45, 2.75) is 38.5 Å². The minimum atomic E-state index is -0.465. The molecule has 3 aliphatic rings. The van der Waals surface area contributed by atoms with Gasteiger partial charge in [0, 0.05) is 64.5 Å². The summed E-state index contributed by atoms with van der Waals surface area (Å²) in [5.41, 5.74) is -0.465. The molecular weight excluding hydrogens is 354 g/mol. The van der Waals surface area contributed by atoms with Gasteiger partial charge in [-0.2, -0.15) is 0 Å². The average molecular weight is 386 g/mol. The number of carbonyl (C=O) groups is 2. The molecule has 0 spiro atoms. The highest BCUT2D eigenvalue weighted by molar-refractivity contribution is 5.85. The first-order valence-corrected chi connectivity index (χ1v) is 10.5. The molecule has 0 aromatic carbocycles. The summed E-state index contributed by atoms with van der Waals surface area (Å²) in [6, 6.07) is 1.81. The van der Waals surface area contributed by atoms with Crippen molar-refractivity contribution < 1.29 is 9.59 Å². The molecular formula is C21H31N5O2. The lowest BCUT2D eigenvalue weighted by atomic mass is 9.74. The first kappa shape index (κ1) is 19.2. The highest BCUT2D eigenvalue weighted by Gasteiger charge is 2.54. The molecule has 0 radical (unpaired) electrons. The maximum absolute atomic E-state index is 13.3. The number of aromatic nitrogens is 2. The van der Waals surface area contributed by atoms with E-state index in [0.717, 1.165) is 51.6 Å². The van der Waals surface area contributed by atoms with Crippen LogP contribution in [-0.2, 0) is 9.59 Å². The van der Waals surface area contributed by atoms with Crippen LogP contribution in [0.4, 0.5) is 5.95 Å². The topological polar surface area (TPSA) is 69.6 Å². The zero-order valence-corrected chi connectivity index (χ0v) is 17.0. The Morgan fingerprint density at radius 1 is 1.11 bits per heavy atom. The standard InChI is InChI=1S/C21H31N5O2/c1-24(2)19(28)21-9-5-12-25(18(27)16-7-3-4-8-16)13-17(21)14-26(15-21)20-22-10-6-11-23-20/h6,10-11,16-17H,3-5,7-9,12-15H2,1-2H3/t17-,21-/m0/s1. The molecule has 0 N–H and O–H groups in total. The van der Waals surface area contributed by atoms with Gasteiger partial charge >= 0.3 is 0 Å².